The molecular weight excluding hydrogens is 386 g/mol. The van der Waals surface area contributed by atoms with Crippen LogP contribution in [0.5, 0.6) is 5.75 Å². The number of ether oxygens (including phenoxy) is 4. The summed E-state index contributed by atoms with van der Waals surface area (Å²) in [6.45, 7) is 10.3. The summed E-state index contributed by atoms with van der Waals surface area (Å²) in [5.41, 5.74) is 0.337. The fourth-order valence-electron chi connectivity index (χ4n) is 4.88. The fraction of sp³-hybridized carbons (Fsp3) is 0.652. The van der Waals surface area contributed by atoms with Gasteiger partial charge in [-0.3, -0.25) is 0 Å². The summed E-state index contributed by atoms with van der Waals surface area (Å²) >= 11 is 0. The topological polar surface area (TPSA) is 74.3 Å². The zero-order valence-corrected chi connectivity index (χ0v) is 18.6. The van der Waals surface area contributed by atoms with Gasteiger partial charge in [0.2, 0.25) is 0 Å². The van der Waals surface area contributed by atoms with Crippen LogP contribution in [0.3, 0.4) is 0 Å². The molecule has 0 unspecified atom stereocenters. The third-order valence-electron chi connectivity index (χ3n) is 6.30. The molecule has 0 aromatic heterocycles. The van der Waals surface area contributed by atoms with Crippen LogP contribution in [0.2, 0.25) is 0 Å². The zero-order valence-electron chi connectivity index (χ0n) is 18.6. The molecule has 1 amide bonds. The Balaban J connectivity index is 1.63. The van der Waals surface area contributed by atoms with E-state index in [4.69, 9.17) is 18.9 Å². The third-order valence-corrected chi connectivity index (χ3v) is 6.30. The molecule has 1 aromatic rings. The van der Waals surface area contributed by atoms with Crippen LogP contribution in [0.25, 0.3) is 0 Å². The van der Waals surface area contributed by atoms with Crippen LogP contribution in [-0.4, -0.2) is 54.0 Å². The highest BCUT2D eigenvalue weighted by molar-refractivity contribution is 5.89. The molecule has 0 spiro atoms. The summed E-state index contributed by atoms with van der Waals surface area (Å²) in [7, 11) is 1.37. The van der Waals surface area contributed by atoms with Crippen molar-refractivity contribution in [1.29, 1.82) is 0 Å². The molecule has 7 nitrogen and oxygen atoms in total. The van der Waals surface area contributed by atoms with Crippen molar-refractivity contribution in [2.45, 2.75) is 76.9 Å². The first kappa shape index (κ1) is 21.0. The van der Waals surface area contributed by atoms with Gasteiger partial charge in [-0.1, -0.05) is 0 Å². The van der Waals surface area contributed by atoms with Crippen molar-refractivity contribution in [3.05, 3.63) is 29.3 Å². The minimum Gasteiger partial charge on any atom is -0.487 e. The number of nitrogens with zero attached hydrogens (tertiary/aromatic N) is 1. The van der Waals surface area contributed by atoms with E-state index in [0.717, 1.165) is 24.2 Å². The molecule has 3 aliphatic heterocycles. The minimum absolute atomic E-state index is 0.0298. The fourth-order valence-corrected chi connectivity index (χ4v) is 4.88. The molecule has 0 radical (unpaired) electrons. The molecule has 0 bridgehead atoms. The summed E-state index contributed by atoms with van der Waals surface area (Å²) in [5.74, 6) is 0.376. The van der Waals surface area contributed by atoms with Crippen molar-refractivity contribution in [3.8, 4) is 5.75 Å². The van der Waals surface area contributed by atoms with Crippen LogP contribution in [-0.2, 0) is 14.2 Å². The Kier molecular flexibility index (Phi) is 5.00. The van der Waals surface area contributed by atoms with E-state index in [0.29, 0.717) is 12.1 Å². The van der Waals surface area contributed by atoms with Gasteiger partial charge in [0.1, 0.15) is 17.0 Å². The van der Waals surface area contributed by atoms with Crippen molar-refractivity contribution in [1.82, 2.24) is 4.90 Å². The van der Waals surface area contributed by atoms with Crippen LogP contribution in [0.1, 0.15) is 69.5 Å². The Bertz CT molecular complexity index is 858. The number of hydrogen-bond donors (Lipinski definition) is 0. The van der Waals surface area contributed by atoms with Gasteiger partial charge in [0, 0.05) is 18.0 Å². The second-order valence-electron chi connectivity index (χ2n) is 9.92. The quantitative estimate of drug-likeness (QED) is 0.641. The zero-order chi connectivity index (χ0) is 21.8. The summed E-state index contributed by atoms with van der Waals surface area (Å²) < 4.78 is 23.4. The average molecular weight is 418 g/mol. The molecule has 164 valence electrons. The van der Waals surface area contributed by atoms with Gasteiger partial charge in [0.25, 0.3) is 0 Å². The number of fused-ring (bicyclic) bond motifs is 4. The van der Waals surface area contributed by atoms with Gasteiger partial charge in [-0.05, 0) is 65.7 Å². The van der Waals surface area contributed by atoms with Crippen molar-refractivity contribution in [3.63, 3.8) is 0 Å². The highest BCUT2D eigenvalue weighted by Gasteiger charge is 2.54. The van der Waals surface area contributed by atoms with Gasteiger partial charge in [-0.2, -0.15) is 0 Å². The number of benzene rings is 1. The smallest absolute Gasteiger partial charge is 0.410 e. The first-order valence-corrected chi connectivity index (χ1v) is 10.6. The molecule has 0 N–H and O–H groups in total. The molecule has 3 heterocycles. The van der Waals surface area contributed by atoms with E-state index in [-0.39, 0.29) is 36.2 Å². The molecule has 0 aliphatic carbocycles. The van der Waals surface area contributed by atoms with Gasteiger partial charge in [-0.25, -0.2) is 9.59 Å². The Morgan fingerprint density at radius 2 is 1.97 bits per heavy atom. The van der Waals surface area contributed by atoms with E-state index >= 15 is 0 Å². The number of esters is 1. The standard InChI is InChI=1S/C23H31NO6/c1-22(2,3)30-21(26)24-10-9-18-16(24)12-15-19(28-18)14-11-13(20(25)27-6)7-8-17(14)29-23(15,4)5/h7-8,11,15-16,18-19H,9-10,12H2,1-6H3/t15-,16+,18-,19+/m0/s1. The first-order valence-electron chi connectivity index (χ1n) is 10.6. The van der Waals surface area contributed by atoms with Gasteiger partial charge in [-0.15, -0.1) is 0 Å². The van der Waals surface area contributed by atoms with E-state index in [9.17, 15) is 9.59 Å². The lowest BCUT2D eigenvalue weighted by Crippen LogP contribution is -2.55. The highest BCUT2D eigenvalue weighted by Crippen LogP contribution is 2.53. The van der Waals surface area contributed by atoms with Gasteiger partial charge in [0.15, 0.2) is 0 Å². The summed E-state index contributed by atoms with van der Waals surface area (Å²) in [5, 5.41) is 0. The van der Waals surface area contributed by atoms with Gasteiger partial charge < -0.3 is 23.8 Å². The number of methoxy groups -OCH3 is 1. The number of carbonyl (C=O) groups is 2. The van der Waals surface area contributed by atoms with Crippen molar-refractivity contribution in [2.24, 2.45) is 5.92 Å². The predicted octanol–water partition coefficient (Wildman–Crippen LogP) is 4.10. The van der Waals surface area contributed by atoms with E-state index in [2.05, 4.69) is 13.8 Å². The molecule has 7 heteroatoms. The van der Waals surface area contributed by atoms with E-state index < -0.39 is 11.2 Å². The molecule has 2 fully saturated rings. The SMILES string of the molecule is COC(=O)c1ccc2c(c1)[C@H]1O[C@H]3CCN(C(=O)OC(C)(C)C)[C@@H]3C[C@@H]1C(C)(C)O2. The van der Waals surface area contributed by atoms with Crippen LogP contribution < -0.4 is 4.74 Å². The summed E-state index contributed by atoms with van der Waals surface area (Å²) in [6, 6.07) is 5.30. The van der Waals surface area contributed by atoms with Gasteiger partial charge in [0.05, 0.1) is 30.9 Å². The lowest BCUT2D eigenvalue weighted by atomic mass is 9.73. The lowest BCUT2D eigenvalue weighted by Gasteiger charge is -2.50. The van der Waals surface area contributed by atoms with Crippen LogP contribution in [0.15, 0.2) is 18.2 Å². The average Bonchev–Trinajstić information content (AvgIpc) is 3.07. The van der Waals surface area contributed by atoms with Crippen LogP contribution >= 0.6 is 0 Å². The van der Waals surface area contributed by atoms with Gasteiger partial charge >= 0.3 is 12.1 Å². The number of likely N-dealkylation sites (tertiary alicyclic amines) is 1. The number of rotatable bonds is 1. The largest absolute Gasteiger partial charge is 0.487 e. The summed E-state index contributed by atoms with van der Waals surface area (Å²) in [6.07, 6.45) is 0.958. The normalized spacial score (nSPS) is 29.2. The number of hydrogen-bond acceptors (Lipinski definition) is 6. The van der Waals surface area contributed by atoms with Crippen LogP contribution in [0, 0.1) is 5.92 Å². The molecule has 30 heavy (non-hydrogen) atoms. The molecule has 3 aliphatic rings. The Morgan fingerprint density at radius 1 is 1.23 bits per heavy atom. The maximum absolute atomic E-state index is 12.8. The maximum atomic E-state index is 12.8. The lowest BCUT2D eigenvalue weighted by molar-refractivity contribution is -0.161. The minimum atomic E-state index is -0.538. The number of carbonyl (C=O) groups excluding carboxylic acids is 2. The predicted molar refractivity (Wildman–Crippen MR) is 110 cm³/mol. The van der Waals surface area contributed by atoms with E-state index in [1.165, 1.54) is 7.11 Å². The molecular formula is C23H31NO6. The Labute approximate surface area is 177 Å². The van der Waals surface area contributed by atoms with Crippen molar-refractivity contribution in [2.75, 3.05) is 13.7 Å². The summed E-state index contributed by atoms with van der Waals surface area (Å²) in [4.78, 5) is 26.6. The van der Waals surface area contributed by atoms with Crippen molar-refractivity contribution >= 4 is 12.1 Å². The molecule has 2 saturated heterocycles. The molecule has 4 rings (SSSR count). The third kappa shape index (κ3) is 3.64. The molecule has 4 atom stereocenters. The second-order valence-corrected chi connectivity index (χ2v) is 9.92. The van der Waals surface area contributed by atoms with Crippen molar-refractivity contribution < 1.29 is 28.5 Å². The Morgan fingerprint density at radius 3 is 2.63 bits per heavy atom. The highest BCUT2D eigenvalue weighted by atomic mass is 16.6. The van der Waals surface area contributed by atoms with E-state index in [1.54, 1.807) is 6.07 Å². The first-order chi connectivity index (χ1) is 14.0. The van der Waals surface area contributed by atoms with Crippen LogP contribution in [0.4, 0.5) is 4.79 Å². The molecule has 1 aromatic carbocycles. The second kappa shape index (κ2) is 7.15. The monoisotopic (exact) mass is 417 g/mol. The maximum Gasteiger partial charge on any atom is 0.410 e. The number of amides is 1. The Hall–Kier alpha value is -2.28. The van der Waals surface area contributed by atoms with E-state index in [1.807, 2.05) is 37.8 Å². The molecule has 0 saturated carbocycles.